The molecule has 2 aromatic carbocycles. The summed E-state index contributed by atoms with van der Waals surface area (Å²) in [6, 6.07) is 11.4. The topological polar surface area (TPSA) is 55.1 Å². The summed E-state index contributed by atoms with van der Waals surface area (Å²) in [5, 5.41) is 2.29. The van der Waals surface area contributed by atoms with Crippen molar-refractivity contribution in [3.63, 3.8) is 0 Å². The van der Waals surface area contributed by atoms with Crippen molar-refractivity contribution in [1.82, 2.24) is 0 Å². The van der Waals surface area contributed by atoms with Crippen LogP contribution in [-0.4, -0.2) is 5.91 Å². The Kier molecular flexibility index (Phi) is 4.28. The monoisotopic (exact) mass is 294 g/mol. The predicted octanol–water partition coefficient (Wildman–Crippen LogP) is 3.42. The second kappa shape index (κ2) is 5.97. The third-order valence-corrected chi connectivity index (χ3v) is 2.96. The van der Waals surface area contributed by atoms with Crippen molar-refractivity contribution in [3.05, 3.63) is 65.2 Å². The summed E-state index contributed by atoms with van der Waals surface area (Å²) < 4.78 is 38.6. The lowest BCUT2D eigenvalue weighted by Crippen LogP contribution is -2.18. The SMILES string of the molecule is NCc1ccccc1C(=O)Nc1ccccc1C(F)(F)F. The van der Waals surface area contributed by atoms with Crippen molar-refractivity contribution in [2.75, 3.05) is 5.32 Å². The van der Waals surface area contributed by atoms with Gasteiger partial charge < -0.3 is 11.1 Å². The molecule has 0 atom stereocenters. The largest absolute Gasteiger partial charge is 0.418 e. The fourth-order valence-corrected chi connectivity index (χ4v) is 1.95. The number of para-hydroxylation sites is 1. The van der Waals surface area contributed by atoms with Gasteiger partial charge in [-0.3, -0.25) is 4.79 Å². The lowest BCUT2D eigenvalue weighted by atomic mass is 10.1. The molecule has 0 fully saturated rings. The van der Waals surface area contributed by atoms with Crippen LogP contribution in [0.2, 0.25) is 0 Å². The molecule has 0 aliphatic rings. The second-order valence-electron chi connectivity index (χ2n) is 4.36. The third kappa shape index (κ3) is 3.41. The molecule has 6 heteroatoms. The zero-order chi connectivity index (χ0) is 15.5. The molecule has 110 valence electrons. The van der Waals surface area contributed by atoms with Crippen LogP contribution in [0.25, 0.3) is 0 Å². The van der Waals surface area contributed by atoms with Gasteiger partial charge in [-0.05, 0) is 23.8 Å². The van der Waals surface area contributed by atoms with Crippen LogP contribution in [0.15, 0.2) is 48.5 Å². The maximum atomic E-state index is 12.9. The van der Waals surface area contributed by atoms with Gasteiger partial charge in [-0.25, -0.2) is 0 Å². The minimum atomic E-state index is -4.53. The summed E-state index contributed by atoms with van der Waals surface area (Å²) in [4.78, 5) is 12.1. The van der Waals surface area contributed by atoms with Gasteiger partial charge >= 0.3 is 6.18 Å². The van der Waals surface area contributed by atoms with Crippen molar-refractivity contribution in [3.8, 4) is 0 Å². The Morgan fingerprint density at radius 2 is 1.67 bits per heavy atom. The first-order valence-corrected chi connectivity index (χ1v) is 6.19. The number of hydrogen-bond donors (Lipinski definition) is 2. The minimum absolute atomic E-state index is 0.129. The van der Waals surface area contributed by atoms with E-state index in [1.54, 1.807) is 18.2 Å². The molecule has 1 amide bonds. The number of carbonyl (C=O) groups excluding carboxylic acids is 1. The molecule has 0 saturated carbocycles. The zero-order valence-electron chi connectivity index (χ0n) is 10.9. The molecule has 3 N–H and O–H groups in total. The van der Waals surface area contributed by atoms with Gasteiger partial charge in [0.2, 0.25) is 0 Å². The number of halogens is 3. The van der Waals surface area contributed by atoms with Crippen molar-refractivity contribution in [1.29, 1.82) is 0 Å². The average Bonchev–Trinajstić information content (AvgIpc) is 2.46. The number of benzene rings is 2. The highest BCUT2D eigenvalue weighted by atomic mass is 19.4. The van der Waals surface area contributed by atoms with Crippen molar-refractivity contribution in [2.24, 2.45) is 5.73 Å². The van der Waals surface area contributed by atoms with Crippen molar-refractivity contribution >= 4 is 11.6 Å². The van der Waals surface area contributed by atoms with Gasteiger partial charge in [-0.2, -0.15) is 13.2 Å². The number of amides is 1. The molecule has 21 heavy (non-hydrogen) atoms. The van der Waals surface area contributed by atoms with E-state index < -0.39 is 17.6 Å². The van der Waals surface area contributed by atoms with Gasteiger partial charge in [-0.15, -0.1) is 0 Å². The molecule has 0 radical (unpaired) electrons. The van der Waals surface area contributed by atoms with Crippen LogP contribution in [0.4, 0.5) is 18.9 Å². The Morgan fingerprint density at radius 3 is 2.33 bits per heavy atom. The molecule has 0 saturated heterocycles. The molecule has 2 rings (SSSR count). The lowest BCUT2D eigenvalue weighted by molar-refractivity contribution is -0.136. The van der Waals surface area contributed by atoms with Gasteiger partial charge in [0.1, 0.15) is 0 Å². The van der Waals surface area contributed by atoms with Crippen LogP contribution in [-0.2, 0) is 12.7 Å². The summed E-state index contributed by atoms with van der Waals surface area (Å²) in [5.74, 6) is -0.618. The van der Waals surface area contributed by atoms with E-state index in [1.165, 1.54) is 24.3 Å². The lowest BCUT2D eigenvalue weighted by Gasteiger charge is -2.14. The van der Waals surface area contributed by atoms with E-state index in [-0.39, 0.29) is 17.8 Å². The average molecular weight is 294 g/mol. The van der Waals surface area contributed by atoms with Gasteiger partial charge in [-0.1, -0.05) is 30.3 Å². The minimum Gasteiger partial charge on any atom is -0.326 e. The second-order valence-corrected chi connectivity index (χ2v) is 4.36. The van der Waals surface area contributed by atoms with E-state index in [1.807, 2.05) is 0 Å². The maximum Gasteiger partial charge on any atom is 0.418 e. The van der Waals surface area contributed by atoms with Crippen LogP contribution in [0.1, 0.15) is 21.5 Å². The van der Waals surface area contributed by atoms with Gasteiger partial charge in [0.05, 0.1) is 11.3 Å². The Hall–Kier alpha value is -2.34. The highest BCUT2D eigenvalue weighted by molar-refractivity contribution is 6.05. The normalized spacial score (nSPS) is 11.2. The summed E-state index contributed by atoms with van der Waals surface area (Å²) in [6.45, 7) is 0.129. The highest BCUT2D eigenvalue weighted by Gasteiger charge is 2.33. The molecule has 0 aliphatic carbocycles. The van der Waals surface area contributed by atoms with Gasteiger partial charge in [0.15, 0.2) is 0 Å². The number of anilines is 1. The summed E-state index contributed by atoms with van der Waals surface area (Å²) in [6.07, 6.45) is -4.53. The molecular formula is C15H13F3N2O. The van der Waals surface area contributed by atoms with E-state index in [0.29, 0.717) is 5.56 Å². The quantitative estimate of drug-likeness (QED) is 0.911. The molecule has 0 bridgehead atoms. The standard InChI is InChI=1S/C15H13F3N2O/c16-15(17,18)12-7-3-4-8-13(12)20-14(21)11-6-2-1-5-10(11)9-19/h1-8H,9,19H2,(H,20,21). The number of nitrogens with two attached hydrogens (primary N) is 1. The Balaban J connectivity index is 2.33. The molecule has 0 unspecified atom stereocenters. The molecule has 3 nitrogen and oxygen atoms in total. The van der Waals surface area contributed by atoms with Crippen LogP contribution >= 0.6 is 0 Å². The van der Waals surface area contributed by atoms with Crippen LogP contribution in [0.3, 0.4) is 0 Å². The van der Waals surface area contributed by atoms with E-state index in [2.05, 4.69) is 5.32 Å². The van der Waals surface area contributed by atoms with Crippen LogP contribution in [0, 0.1) is 0 Å². The third-order valence-electron chi connectivity index (χ3n) is 2.96. The van der Waals surface area contributed by atoms with E-state index >= 15 is 0 Å². The smallest absolute Gasteiger partial charge is 0.326 e. The van der Waals surface area contributed by atoms with Crippen LogP contribution < -0.4 is 11.1 Å². The van der Waals surface area contributed by atoms with E-state index in [0.717, 1.165) is 6.07 Å². The molecule has 2 aromatic rings. The van der Waals surface area contributed by atoms with E-state index in [9.17, 15) is 18.0 Å². The number of hydrogen-bond acceptors (Lipinski definition) is 2. The first kappa shape index (κ1) is 15.1. The molecule has 0 aromatic heterocycles. The number of rotatable bonds is 3. The fraction of sp³-hybridized carbons (Fsp3) is 0.133. The molecule has 0 heterocycles. The summed E-state index contributed by atoms with van der Waals surface area (Å²) in [7, 11) is 0. The Morgan fingerprint density at radius 1 is 1.05 bits per heavy atom. The maximum absolute atomic E-state index is 12.9. The Bertz CT molecular complexity index is 653. The first-order chi connectivity index (χ1) is 9.93. The Labute approximate surface area is 119 Å². The summed E-state index contributed by atoms with van der Waals surface area (Å²) >= 11 is 0. The van der Waals surface area contributed by atoms with Crippen molar-refractivity contribution < 1.29 is 18.0 Å². The number of carbonyl (C=O) groups is 1. The first-order valence-electron chi connectivity index (χ1n) is 6.19. The van der Waals surface area contributed by atoms with Crippen LogP contribution in [0.5, 0.6) is 0 Å². The highest BCUT2D eigenvalue weighted by Crippen LogP contribution is 2.34. The summed E-state index contributed by atoms with van der Waals surface area (Å²) in [5.41, 5.74) is 5.19. The molecule has 0 spiro atoms. The van der Waals surface area contributed by atoms with Gasteiger partial charge in [0.25, 0.3) is 5.91 Å². The van der Waals surface area contributed by atoms with E-state index in [4.69, 9.17) is 5.73 Å². The number of nitrogens with one attached hydrogen (secondary N) is 1. The number of alkyl halides is 3. The zero-order valence-corrected chi connectivity index (χ0v) is 10.9. The molecular weight excluding hydrogens is 281 g/mol. The van der Waals surface area contributed by atoms with Gasteiger partial charge in [0, 0.05) is 12.1 Å². The molecule has 0 aliphatic heterocycles. The predicted molar refractivity (Wildman–Crippen MR) is 73.7 cm³/mol. The fourth-order valence-electron chi connectivity index (χ4n) is 1.95. The van der Waals surface area contributed by atoms with Crippen molar-refractivity contribution in [2.45, 2.75) is 12.7 Å².